The number of hydrogen-bond acceptors (Lipinski definition) is 3. The molecule has 0 atom stereocenters. The van der Waals surface area contributed by atoms with Crippen LogP contribution in [0.5, 0.6) is 0 Å². The van der Waals surface area contributed by atoms with E-state index in [-0.39, 0.29) is 0 Å². The van der Waals surface area contributed by atoms with Gasteiger partial charge in [0.1, 0.15) is 5.60 Å². The Labute approximate surface area is 87.5 Å². The maximum atomic E-state index is 11.0. The highest BCUT2D eigenvalue weighted by Crippen LogP contribution is 2.05. The van der Waals surface area contributed by atoms with Crippen molar-refractivity contribution in [3.8, 4) is 0 Å². The first-order chi connectivity index (χ1) is 5.95. The Hall–Kier alpha value is -0.290. The number of nitrogens with one attached hydrogen (secondary N) is 2. The number of alkyl halides is 1. The molecule has 78 valence electrons. The van der Waals surface area contributed by atoms with E-state index in [1.807, 2.05) is 20.8 Å². The zero-order valence-electron chi connectivity index (χ0n) is 8.32. The van der Waals surface area contributed by atoms with Gasteiger partial charge in [0.2, 0.25) is 0 Å². The average Bonchev–Trinajstić information content (AvgIpc) is 1.94. The normalized spacial score (nSPS) is 11.1. The van der Waals surface area contributed by atoms with Crippen LogP contribution in [0.1, 0.15) is 27.2 Å². The molecule has 5 heteroatoms. The lowest BCUT2D eigenvalue weighted by atomic mass is 10.2. The van der Waals surface area contributed by atoms with Gasteiger partial charge in [0.05, 0.1) is 0 Å². The maximum absolute atomic E-state index is 11.0. The molecular weight excluding hydrogens is 236 g/mol. The maximum Gasteiger partial charge on any atom is 0.422 e. The highest BCUT2D eigenvalue weighted by molar-refractivity contribution is 9.09. The summed E-state index contributed by atoms with van der Waals surface area (Å²) in [6.45, 7) is 6.20. The quantitative estimate of drug-likeness (QED) is 0.456. The number of hydrazine groups is 1. The van der Waals surface area contributed by atoms with Gasteiger partial charge in [-0.2, -0.15) is 0 Å². The van der Waals surface area contributed by atoms with Gasteiger partial charge in [-0.3, -0.25) is 5.43 Å². The highest BCUT2D eigenvalue weighted by Gasteiger charge is 2.15. The molecule has 0 aromatic carbocycles. The minimum Gasteiger partial charge on any atom is -0.443 e. The van der Waals surface area contributed by atoms with Crippen molar-refractivity contribution in [2.75, 3.05) is 11.9 Å². The summed E-state index contributed by atoms with van der Waals surface area (Å²) in [5.41, 5.74) is 4.75. The third kappa shape index (κ3) is 9.63. The van der Waals surface area contributed by atoms with Crippen LogP contribution in [0.25, 0.3) is 0 Å². The molecule has 0 aliphatic rings. The van der Waals surface area contributed by atoms with Crippen molar-refractivity contribution in [2.24, 2.45) is 0 Å². The summed E-state index contributed by atoms with van der Waals surface area (Å²) in [7, 11) is 0. The molecule has 4 nitrogen and oxygen atoms in total. The van der Waals surface area contributed by atoms with E-state index in [1.54, 1.807) is 0 Å². The summed E-state index contributed by atoms with van der Waals surface area (Å²) in [6.07, 6.45) is 0.512. The lowest BCUT2D eigenvalue weighted by Crippen LogP contribution is -2.41. The third-order valence-corrected chi connectivity index (χ3v) is 1.59. The molecule has 0 fully saturated rings. The number of halogens is 1. The van der Waals surface area contributed by atoms with Gasteiger partial charge < -0.3 is 4.74 Å². The summed E-state index contributed by atoms with van der Waals surface area (Å²) in [5, 5.41) is 0.913. The summed E-state index contributed by atoms with van der Waals surface area (Å²) < 4.78 is 4.99. The van der Waals surface area contributed by atoms with E-state index in [0.29, 0.717) is 0 Å². The SMILES string of the molecule is CC(C)(C)OC(=O)NNCCCBr. The lowest BCUT2D eigenvalue weighted by Gasteiger charge is -2.19. The van der Waals surface area contributed by atoms with Crippen LogP contribution in [-0.2, 0) is 4.74 Å². The van der Waals surface area contributed by atoms with Crippen LogP contribution in [0, 0.1) is 0 Å². The van der Waals surface area contributed by atoms with Crippen molar-refractivity contribution in [2.45, 2.75) is 32.8 Å². The second-order valence-corrected chi connectivity index (χ2v) is 4.39. The molecule has 2 N–H and O–H groups in total. The fourth-order valence-electron chi connectivity index (χ4n) is 0.593. The van der Waals surface area contributed by atoms with Gasteiger partial charge in [-0.1, -0.05) is 15.9 Å². The molecule has 0 rings (SSSR count). The molecule has 13 heavy (non-hydrogen) atoms. The average molecular weight is 253 g/mol. The monoisotopic (exact) mass is 252 g/mol. The number of ether oxygens (including phenoxy) is 1. The standard InChI is InChI=1S/C8H17BrN2O2/c1-8(2,3)13-7(12)11-10-6-4-5-9/h10H,4-6H2,1-3H3,(H,11,12). The first-order valence-electron chi connectivity index (χ1n) is 4.23. The Bertz CT molecular complexity index is 157. The van der Waals surface area contributed by atoms with Crippen LogP contribution in [0.3, 0.4) is 0 Å². The molecule has 0 aromatic rings. The van der Waals surface area contributed by atoms with Gasteiger partial charge in [0.25, 0.3) is 0 Å². The van der Waals surface area contributed by atoms with Crippen molar-refractivity contribution in [1.82, 2.24) is 10.9 Å². The molecule has 0 saturated heterocycles. The van der Waals surface area contributed by atoms with E-state index < -0.39 is 11.7 Å². The Morgan fingerprint density at radius 2 is 2.08 bits per heavy atom. The van der Waals surface area contributed by atoms with Crippen LogP contribution in [-0.4, -0.2) is 23.6 Å². The molecule has 0 aromatic heterocycles. The minimum atomic E-state index is -0.443. The van der Waals surface area contributed by atoms with Gasteiger partial charge in [-0.05, 0) is 27.2 Å². The molecule has 0 heterocycles. The predicted octanol–water partition coefficient (Wildman–Crippen LogP) is 1.80. The van der Waals surface area contributed by atoms with Gasteiger partial charge in [0, 0.05) is 11.9 Å². The first-order valence-corrected chi connectivity index (χ1v) is 5.35. The topological polar surface area (TPSA) is 50.4 Å². The van der Waals surface area contributed by atoms with Crippen molar-refractivity contribution in [3.05, 3.63) is 0 Å². The Morgan fingerprint density at radius 1 is 1.46 bits per heavy atom. The van der Waals surface area contributed by atoms with Crippen LogP contribution in [0.2, 0.25) is 0 Å². The van der Waals surface area contributed by atoms with Crippen LogP contribution in [0.15, 0.2) is 0 Å². The van der Waals surface area contributed by atoms with E-state index >= 15 is 0 Å². The van der Waals surface area contributed by atoms with Crippen molar-refractivity contribution in [3.63, 3.8) is 0 Å². The molecule has 0 saturated carbocycles. The van der Waals surface area contributed by atoms with Crippen molar-refractivity contribution < 1.29 is 9.53 Å². The van der Waals surface area contributed by atoms with Gasteiger partial charge in [-0.25, -0.2) is 10.2 Å². The highest BCUT2D eigenvalue weighted by atomic mass is 79.9. The van der Waals surface area contributed by atoms with E-state index in [9.17, 15) is 4.79 Å². The largest absolute Gasteiger partial charge is 0.443 e. The summed E-state index contributed by atoms with van der Waals surface area (Å²) in [6, 6.07) is 0. The molecule has 0 bridgehead atoms. The first kappa shape index (κ1) is 12.7. The smallest absolute Gasteiger partial charge is 0.422 e. The Kier molecular flexibility index (Phi) is 6.07. The second kappa shape index (κ2) is 6.21. The number of hydrogen-bond donors (Lipinski definition) is 2. The number of carbonyl (C=O) groups excluding carboxylic acids is 1. The van der Waals surface area contributed by atoms with Crippen molar-refractivity contribution in [1.29, 1.82) is 0 Å². The molecule has 0 aliphatic heterocycles. The van der Waals surface area contributed by atoms with E-state index in [0.717, 1.165) is 18.3 Å². The Balaban J connectivity index is 3.41. The molecule has 0 spiro atoms. The number of carbonyl (C=O) groups is 1. The van der Waals surface area contributed by atoms with Crippen LogP contribution >= 0.6 is 15.9 Å². The fraction of sp³-hybridized carbons (Fsp3) is 0.875. The lowest BCUT2D eigenvalue weighted by molar-refractivity contribution is 0.0499. The van der Waals surface area contributed by atoms with E-state index in [1.165, 1.54) is 0 Å². The number of rotatable bonds is 4. The minimum absolute atomic E-state index is 0.443. The van der Waals surface area contributed by atoms with Crippen LogP contribution in [0.4, 0.5) is 4.79 Å². The molecule has 0 unspecified atom stereocenters. The summed E-state index contributed by atoms with van der Waals surface area (Å²) >= 11 is 3.28. The van der Waals surface area contributed by atoms with Crippen molar-refractivity contribution >= 4 is 22.0 Å². The zero-order chi connectivity index (χ0) is 10.3. The molecular formula is C8H17BrN2O2. The molecule has 0 radical (unpaired) electrons. The second-order valence-electron chi connectivity index (χ2n) is 3.60. The third-order valence-electron chi connectivity index (χ3n) is 1.02. The predicted molar refractivity (Wildman–Crippen MR) is 55.8 cm³/mol. The van der Waals surface area contributed by atoms with Gasteiger partial charge in [-0.15, -0.1) is 0 Å². The fourth-order valence-corrected chi connectivity index (χ4v) is 0.874. The summed E-state index contributed by atoms with van der Waals surface area (Å²) in [5.74, 6) is 0. The van der Waals surface area contributed by atoms with Gasteiger partial charge in [0.15, 0.2) is 0 Å². The van der Waals surface area contributed by atoms with E-state index in [4.69, 9.17) is 4.74 Å². The summed E-state index contributed by atoms with van der Waals surface area (Å²) in [4.78, 5) is 11.0. The van der Waals surface area contributed by atoms with Crippen LogP contribution < -0.4 is 10.9 Å². The number of amides is 1. The molecule has 0 aliphatic carbocycles. The van der Waals surface area contributed by atoms with E-state index in [2.05, 4.69) is 26.8 Å². The molecule has 1 amide bonds. The zero-order valence-corrected chi connectivity index (χ0v) is 9.90. The van der Waals surface area contributed by atoms with Gasteiger partial charge >= 0.3 is 6.09 Å². The Morgan fingerprint density at radius 3 is 2.54 bits per heavy atom.